The summed E-state index contributed by atoms with van der Waals surface area (Å²) in [6, 6.07) is 3.81. The van der Waals surface area contributed by atoms with Gasteiger partial charge in [0.05, 0.1) is 29.0 Å². The van der Waals surface area contributed by atoms with E-state index in [0.29, 0.717) is 43.6 Å². The number of anilines is 1. The molecule has 0 aromatic carbocycles. The zero-order valence-corrected chi connectivity index (χ0v) is 20.1. The first-order valence-corrected chi connectivity index (χ1v) is 12.2. The van der Waals surface area contributed by atoms with Gasteiger partial charge in [0.25, 0.3) is 5.56 Å². The average molecular weight is 484 g/mol. The fraction of sp³-hybridized carbons (Fsp3) is 0.417. The molecule has 10 heteroatoms. The smallest absolute Gasteiger partial charge is 0.328 e. The molecule has 0 amide bonds. The number of morpholine rings is 1. The van der Waals surface area contributed by atoms with Crippen molar-refractivity contribution in [3.05, 3.63) is 62.0 Å². The van der Waals surface area contributed by atoms with E-state index in [1.165, 1.54) is 10.5 Å². The molecule has 0 radical (unpaired) electrons. The summed E-state index contributed by atoms with van der Waals surface area (Å²) in [6.07, 6.45) is 5.39. The van der Waals surface area contributed by atoms with Crippen LogP contribution in [0.2, 0.25) is 0 Å². The lowest BCUT2D eigenvalue weighted by Gasteiger charge is -2.33. The molecule has 1 atom stereocenters. The highest BCUT2D eigenvalue weighted by Gasteiger charge is 2.24. The molecule has 180 valence electrons. The molecular formula is C24H29N5O4S. The third kappa shape index (κ3) is 5.35. The Balaban J connectivity index is 1.68. The summed E-state index contributed by atoms with van der Waals surface area (Å²) in [7, 11) is 0. The summed E-state index contributed by atoms with van der Waals surface area (Å²) in [6.45, 7) is 6.09. The summed E-state index contributed by atoms with van der Waals surface area (Å²) < 4.78 is 7.10. The lowest BCUT2D eigenvalue weighted by atomic mass is 10.1. The number of aryl methyl sites for hydroxylation is 2. The van der Waals surface area contributed by atoms with Crippen molar-refractivity contribution in [1.82, 2.24) is 14.4 Å². The number of rotatable bonds is 8. The van der Waals surface area contributed by atoms with Crippen LogP contribution >= 0.6 is 11.3 Å². The van der Waals surface area contributed by atoms with E-state index in [4.69, 9.17) is 25.5 Å². The number of hydrogen-bond acceptors (Lipinski definition) is 8. The Kier molecular flexibility index (Phi) is 7.40. The van der Waals surface area contributed by atoms with Gasteiger partial charge in [-0.15, -0.1) is 11.3 Å². The van der Waals surface area contributed by atoms with Crippen molar-refractivity contribution in [2.24, 2.45) is 5.73 Å². The van der Waals surface area contributed by atoms with Gasteiger partial charge in [-0.05, 0) is 36.1 Å². The molecule has 3 aromatic heterocycles. The Bertz CT molecular complexity index is 1270. The Morgan fingerprint density at radius 1 is 1.38 bits per heavy atom. The number of nitrogens with two attached hydrogens (primary N) is 1. The van der Waals surface area contributed by atoms with E-state index in [2.05, 4.69) is 19.2 Å². The molecular weight excluding hydrogens is 454 g/mol. The molecule has 1 unspecified atom stereocenters. The number of aliphatic carboxylic acids is 1. The largest absolute Gasteiger partial charge is 0.478 e. The van der Waals surface area contributed by atoms with E-state index >= 15 is 0 Å². The number of carbonyl (C=O) groups is 1. The molecule has 4 rings (SSSR count). The molecule has 0 aliphatic carbocycles. The number of aromatic nitrogens is 3. The number of carboxylic acids is 1. The molecule has 0 saturated carbocycles. The Morgan fingerprint density at radius 2 is 2.21 bits per heavy atom. The Hall–Kier alpha value is -3.08. The molecule has 0 spiro atoms. The van der Waals surface area contributed by atoms with Gasteiger partial charge >= 0.3 is 5.97 Å². The number of nitrogens with zero attached hydrogens (tertiary/aromatic N) is 4. The van der Waals surface area contributed by atoms with Gasteiger partial charge in [0.15, 0.2) is 0 Å². The highest BCUT2D eigenvalue weighted by molar-refractivity contribution is 7.09. The SMILES string of the molecule is CC(C)c1csc(CCc2ccn3c(=O)c(C=CC(=O)O)c(N4CCOC(CN)C4)nc3c2)n1. The van der Waals surface area contributed by atoms with Crippen LogP contribution in [-0.2, 0) is 22.4 Å². The van der Waals surface area contributed by atoms with Gasteiger partial charge in [0.2, 0.25) is 0 Å². The summed E-state index contributed by atoms with van der Waals surface area (Å²) >= 11 is 1.67. The molecule has 34 heavy (non-hydrogen) atoms. The number of carboxylic acid groups (broad SMARTS) is 1. The third-order valence-corrected chi connectivity index (χ3v) is 6.72. The van der Waals surface area contributed by atoms with E-state index in [9.17, 15) is 9.59 Å². The quantitative estimate of drug-likeness (QED) is 0.468. The molecule has 1 saturated heterocycles. The number of hydrogen-bond donors (Lipinski definition) is 2. The standard InChI is InChI=1S/C24H29N5O4S/c1-15(2)19-14-34-21(26-19)5-3-16-7-8-29-20(11-16)27-23(18(24(29)32)4-6-22(30)31)28-9-10-33-17(12-25)13-28/h4,6-8,11,14-15,17H,3,5,9-10,12-13,25H2,1-2H3,(H,30,31). The number of fused-ring (bicyclic) bond motifs is 1. The van der Waals surface area contributed by atoms with E-state index in [0.717, 1.165) is 35.2 Å². The zero-order chi connectivity index (χ0) is 24.2. The maximum absolute atomic E-state index is 13.3. The molecule has 4 heterocycles. The first kappa shape index (κ1) is 24.1. The number of pyridine rings is 1. The monoisotopic (exact) mass is 483 g/mol. The van der Waals surface area contributed by atoms with Crippen LogP contribution < -0.4 is 16.2 Å². The minimum atomic E-state index is -1.13. The van der Waals surface area contributed by atoms with Gasteiger partial charge < -0.3 is 20.5 Å². The van der Waals surface area contributed by atoms with Crippen LogP contribution in [0.5, 0.6) is 0 Å². The van der Waals surface area contributed by atoms with Crippen LogP contribution in [-0.4, -0.2) is 57.8 Å². The third-order valence-electron chi connectivity index (χ3n) is 5.79. The molecule has 9 nitrogen and oxygen atoms in total. The number of thiazole rings is 1. The number of ether oxygens (including phenoxy) is 1. The van der Waals surface area contributed by atoms with Gasteiger partial charge in [-0.1, -0.05) is 13.8 Å². The summed E-state index contributed by atoms with van der Waals surface area (Å²) in [5.41, 5.74) is 8.38. The second-order valence-electron chi connectivity index (χ2n) is 8.58. The summed E-state index contributed by atoms with van der Waals surface area (Å²) in [5.74, 6) is -0.276. The van der Waals surface area contributed by atoms with Gasteiger partial charge in [-0.25, -0.2) is 14.8 Å². The van der Waals surface area contributed by atoms with E-state index in [-0.39, 0.29) is 17.2 Å². The maximum atomic E-state index is 13.3. The lowest BCUT2D eigenvalue weighted by molar-refractivity contribution is -0.131. The molecule has 0 bridgehead atoms. The second kappa shape index (κ2) is 10.5. The van der Waals surface area contributed by atoms with Crippen LogP contribution in [0.4, 0.5) is 5.82 Å². The average Bonchev–Trinajstić information content (AvgIpc) is 3.31. The Morgan fingerprint density at radius 3 is 2.91 bits per heavy atom. The molecule has 1 fully saturated rings. The molecule has 3 N–H and O–H groups in total. The topological polar surface area (TPSA) is 123 Å². The zero-order valence-electron chi connectivity index (χ0n) is 19.3. The fourth-order valence-electron chi connectivity index (χ4n) is 3.89. The highest BCUT2D eigenvalue weighted by atomic mass is 32.1. The minimum absolute atomic E-state index is 0.175. The second-order valence-corrected chi connectivity index (χ2v) is 9.53. The predicted molar refractivity (Wildman–Crippen MR) is 133 cm³/mol. The van der Waals surface area contributed by atoms with Crippen molar-refractivity contribution in [2.45, 2.75) is 38.7 Å². The van der Waals surface area contributed by atoms with Crippen molar-refractivity contribution in [2.75, 3.05) is 31.1 Å². The molecule has 3 aromatic rings. The van der Waals surface area contributed by atoms with Gasteiger partial charge in [0.1, 0.15) is 11.5 Å². The van der Waals surface area contributed by atoms with Crippen molar-refractivity contribution in [1.29, 1.82) is 0 Å². The summed E-state index contributed by atoms with van der Waals surface area (Å²) in [4.78, 5) is 35.9. The molecule has 1 aliphatic rings. The van der Waals surface area contributed by atoms with Crippen molar-refractivity contribution in [3.63, 3.8) is 0 Å². The van der Waals surface area contributed by atoms with Gasteiger partial charge in [-0.3, -0.25) is 9.20 Å². The first-order chi connectivity index (χ1) is 16.4. The first-order valence-electron chi connectivity index (χ1n) is 11.3. The van der Waals surface area contributed by atoms with Crippen LogP contribution in [0.1, 0.15) is 41.6 Å². The minimum Gasteiger partial charge on any atom is -0.478 e. The van der Waals surface area contributed by atoms with Crippen LogP contribution in [0.25, 0.3) is 11.7 Å². The van der Waals surface area contributed by atoms with Gasteiger partial charge in [0, 0.05) is 43.7 Å². The van der Waals surface area contributed by atoms with Crippen LogP contribution in [0.3, 0.4) is 0 Å². The van der Waals surface area contributed by atoms with Crippen molar-refractivity contribution >= 4 is 34.8 Å². The predicted octanol–water partition coefficient (Wildman–Crippen LogP) is 2.32. The van der Waals surface area contributed by atoms with Gasteiger partial charge in [-0.2, -0.15) is 0 Å². The van der Waals surface area contributed by atoms with Crippen molar-refractivity contribution < 1.29 is 14.6 Å². The van der Waals surface area contributed by atoms with E-state index in [1.807, 2.05) is 17.0 Å². The van der Waals surface area contributed by atoms with Crippen LogP contribution in [0, 0.1) is 0 Å². The highest BCUT2D eigenvalue weighted by Crippen LogP contribution is 2.22. The normalized spacial score (nSPS) is 16.7. The van der Waals surface area contributed by atoms with Crippen molar-refractivity contribution in [3.8, 4) is 0 Å². The maximum Gasteiger partial charge on any atom is 0.328 e. The van der Waals surface area contributed by atoms with E-state index < -0.39 is 5.97 Å². The Labute approximate surface area is 201 Å². The van der Waals surface area contributed by atoms with Crippen LogP contribution in [0.15, 0.2) is 34.6 Å². The lowest BCUT2D eigenvalue weighted by Crippen LogP contribution is -2.46. The van der Waals surface area contributed by atoms with E-state index in [1.54, 1.807) is 17.5 Å². The fourth-order valence-corrected chi connectivity index (χ4v) is 4.85. The molecule has 1 aliphatic heterocycles. The summed E-state index contributed by atoms with van der Waals surface area (Å²) in [5, 5.41) is 12.3.